The number of nitriles is 1. The maximum atomic E-state index is 12.6. The van der Waals surface area contributed by atoms with E-state index in [0.29, 0.717) is 25.0 Å². The van der Waals surface area contributed by atoms with Gasteiger partial charge in [0.2, 0.25) is 0 Å². The molecule has 0 aromatic heterocycles. The number of hydrogen-bond acceptors (Lipinski definition) is 2. The molecule has 96 valence electrons. The Kier molecular flexibility index (Phi) is 3.31. The van der Waals surface area contributed by atoms with Gasteiger partial charge in [-0.15, -0.1) is 0 Å². The zero-order chi connectivity index (χ0) is 13.2. The quantitative estimate of drug-likeness (QED) is 0.771. The maximum Gasteiger partial charge on any atom is 0.416 e. The van der Waals surface area contributed by atoms with Crippen LogP contribution in [0.2, 0.25) is 0 Å². The van der Waals surface area contributed by atoms with Gasteiger partial charge in [-0.05, 0) is 24.5 Å². The van der Waals surface area contributed by atoms with Crippen LogP contribution < -0.4 is 0 Å². The van der Waals surface area contributed by atoms with E-state index in [1.54, 1.807) is 6.07 Å². The third kappa shape index (κ3) is 2.34. The first-order chi connectivity index (χ1) is 8.48. The SMILES string of the molecule is N#CC1(c2cccc(C(F)(F)F)c2)CCCOC1. The summed E-state index contributed by atoms with van der Waals surface area (Å²) in [5, 5.41) is 9.28. The summed E-state index contributed by atoms with van der Waals surface area (Å²) in [6.07, 6.45) is -3.17. The molecule has 1 aromatic rings. The molecule has 0 N–H and O–H groups in total. The highest BCUT2D eigenvalue weighted by molar-refractivity contribution is 5.37. The lowest BCUT2D eigenvalue weighted by Crippen LogP contribution is -2.34. The summed E-state index contributed by atoms with van der Waals surface area (Å²) in [6, 6.07) is 7.09. The lowest BCUT2D eigenvalue weighted by Gasteiger charge is -2.31. The Morgan fingerprint density at radius 1 is 1.33 bits per heavy atom. The average Bonchev–Trinajstić information content (AvgIpc) is 2.39. The van der Waals surface area contributed by atoms with Gasteiger partial charge in [0.1, 0.15) is 5.41 Å². The minimum atomic E-state index is -4.39. The van der Waals surface area contributed by atoms with Crippen LogP contribution in [0.4, 0.5) is 13.2 Å². The Bertz CT molecular complexity index is 470. The van der Waals surface area contributed by atoms with Crippen LogP contribution in [0.3, 0.4) is 0 Å². The summed E-state index contributed by atoms with van der Waals surface area (Å²) in [5.74, 6) is 0. The molecular weight excluding hydrogens is 243 g/mol. The fourth-order valence-electron chi connectivity index (χ4n) is 2.17. The molecule has 2 rings (SSSR count). The van der Waals surface area contributed by atoms with Crippen molar-refractivity contribution in [1.29, 1.82) is 5.26 Å². The normalized spacial score (nSPS) is 24.6. The number of hydrogen-bond donors (Lipinski definition) is 0. The van der Waals surface area contributed by atoms with Crippen molar-refractivity contribution >= 4 is 0 Å². The van der Waals surface area contributed by atoms with Crippen molar-refractivity contribution in [2.24, 2.45) is 0 Å². The van der Waals surface area contributed by atoms with E-state index in [9.17, 15) is 18.4 Å². The number of rotatable bonds is 1. The van der Waals surface area contributed by atoms with Gasteiger partial charge in [-0.1, -0.05) is 18.2 Å². The molecule has 1 heterocycles. The Labute approximate surface area is 103 Å². The minimum Gasteiger partial charge on any atom is -0.379 e. The van der Waals surface area contributed by atoms with E-state index in [2.05, 4.69) is 6.07 Å². The largest absolute Gasteiger partial charge is 0.416 e. The van der Waals surface area contributed by atoms with Crippen LogP contribution >= 0.6 is 0 Å². The van der Waals surface area contributed by atoms with Crippen molar-refractivity contribution in [1.82, 2.24) is 0 Å². The van der Waals surface area contributed by atoms with E-state index in [4.69, 9.17) is 4.74 Å². The molecular formula is C13H12F3NO. The van der Waals surface area contributed by atoms with E-state index in [1.807, 2.05) is 0 Å². The van der Waals surface area contributed by atoms with Crippen molar-refractivity contribution < 1.29 is 17.9 Å². The Hall–Kier alpha value is -1.54. The van der Waals surface area contributed by atoms with Crippen LogP contribution in [-0.2, 0) is 16.3 Å². The van der Waals surface area contributed by atoms with Crippen LogP contribution in [0, 0.1) is 11.3 Å². The van der Waals surface area contributed by atoms with Crippen LogP contribution in [-0.4, -0.2) is 13.2 Å². The summed E-state index contributed by atoms with van der Waals surface area (Å²) in [7, 11) is 0. The van der Waals surface area contributed by atoms with E-state index < -0.39 is 17.2 Å². The molecule has 0 saturated carbocycles. The van der Waals surface area contributed by atoms with E-state index in [-0.39, 0.29) is 6.61 Å². The van der Waals surface area contributed by atoms with Gasteiger partial charge in [0.05, 0.1) is 18.2 Å². The summed E-state index contributed by atoms with van der Waals surface area (Å²) in [4.78, 5) is 0. The summed E-state index contributed by atoms with van der Waals surface area (Å²) in [5.41, 5.74) is -1.28. The molecule has 1 atom stereocenters. The number of ether oxygens (including phenoxy) is 1. The van der Waals surface area contributed by atoms with Gasteiger partial charge in [0.25, 0.3) is 0 Å². The molecule has 0 bridgehead atoms. The number of benzene rings is 1. The topological polar surface area (TPSA) is 33.0 Å². The van der Waals surface area contributed by atoms with E-state index in [0.717, 1.165) is 12.1 Å². The highest BCUT2D eigenvalue weighted by atomic mass is 19.4. The summed E-state index contributed by atoms with van der Waals surface area (Å²) in [6.45, 7) is 0.715. The summed E-state index contributed by atoms with van der Waals surface area (Å²) < 4.78 is 43.2. The molecule has 1 fully saturated rings. The molecule has 0 amide bonds. The van der Waals surface area contributed by atoms with Gasteiger partial charge in [0.15, 0.2) is 0 Å². The molecule has 0 aliphatic carbocycles. The highest BCUT2D eigenvalue weighted by Gasteiger charge is 2.37. The fraction of sp³-hybridized carbons (Fsp3) is 0.462. The molecule has 1 unspecified atom stereocenters. The van der Waals surface area contributed by atoms with E-state index >= 15 is 0 Å². The maximum absolute atomic E-state index is 12.6. The zero-order valence-electron chi connectivity index (χ0n) is 9.63. The number of nitrogens with zero attached hydrogens (tertiary/aromatic N) is 1. The van der Waals surface area contributed by atoms with Crippen molar-refractivity contribution in [2.75, 3.05) is 13.2 Å². The first-order valence-electron chi connectivity index (χ1n) is 5.65. The second kappa shape index (κ2) is 4.62. The fourth-order valence-corrected chi connectivity index (χ4v) is 2.17. The van der Waals surface area contributed by atoms with Gasteiger partial charge in [-0.2, -0.15) is 18.4 Å². The molecule has 5 heteroatoms. The lowest BCUT2D eigenvalue weighted by atomic mass is 9.77. The molecule has 1 aliphatic heterocycles. The Morgan fingerprint density at radius 2 is 2.11 bits per heavy atom. The van der Waals surface area contributed by atoms with E-state index in [1.165, 1.54) is 6.07 Å². The Morgan fingerprint density at radius 3 is 2.67 bits per heavy atom. The Balaban J connectivity index is 2.41. The molecule has 1 aliphatic rings. The van der Waals surface area contributed by atoms with Gasteiger partial charge in [-0.3, -0.25) is 0 Å². The van der Waals surface area contributed by atoms with Gasteiger partial charge < -0.3 is 4.74 Å². The lowest BCUT2D eigenvalue weighted by molar-refractivity contribution is -0.137. The standard InChI is InChI=1S/C13H12F3NO/c14-13(15,16)11-4-1-3-10(7-11)12(8-17)5-2-6-18-9-12/h1,3-4,7H,2,5-6,9H2. The number of alkyl halides is 3. The summed E-state index contributed by atoms with van der Waals surface area (Å²) >= 11 is 0. The molecule has 1 saturated heterocycles. The predicted molar refractivity (Wildman–Crippen MR) is 58.8 cm³/mol. The van der Waals surface area contributed by atoms with Crippen LogP contribution in [0.25, 0.3) is 0 Å². The monoisotopic (exact) mass is 255 g/mol. The van der Waals surface area contributed by atoms with Crippen LogP contribution in [0.5, 0.6) is 0 Å². The van der Waals surface area contributed by atoms with Crippen LogP contribution in [0.15, 0.2) is 24.3 Å². The van der Waals surface area contributed by atoms with Crippen molar-refractivity contribution in [3.8, 4) is 6.07 Å². The molecule has 0 radical (unpaired) electrons. The average molecular weight is 255 g/mol. The molecule has 18 heavy (non-hydrogen) atoms. The molecule has 1 aromatic carbocycles. The smallest absolute Gasteiger partial charge is 0.379 e. The van der Waals surface area contributed by atoms with Gasteiger partial charge in [0, 0.05) is 6.61 Å². The van der Waals surface area contributed by atoms with Crippen molar-refractivity contribution in [3.63, 3.8) is 0 Å². The number of halogens is 3. The molecule has 0 spiro atoms. The van der Waals surface area contributed by atoms with Gasteiger partial charge in [-0.25, -0.2) is 0 Å². The van der Waals surface area contributed by atoms with Crippen molar-refractivity contribution in [3.05, 3.63) is 35.4 Å². The third-order valence-electron chi connectivity index (χ3n) is 3.20. The third-order valence-corrected chi connectivity index (χ3v) is 3.20. The highest BCUT2D eigenvalue weighted by Crippen LogP contribution is 2.36. The van der Waals surface area contributed by atoms with Crippen LogP contribution in [0.1, 0.15) is 24.0 Å². The first kappa shape index (κ1) is 12.9. The zero-order valence-corrected chi connectivity index (χ0v) is 9.63. The molecule has 2 nitrogen and oxygen atoms in total. The first-order valence-corrected chi connectivity index (χ1v) is 5.65. The minimum absolute atomic E-state index is 0.158. The second-order valence-electron chi connectivity index (χ2n) is 4.43. The predicted octanol–water partition coefficient (Wildman–Crippen LogP) is 3.28. The van der Waals surface area contributed by atoms with Gasteiger partial charge >= 0.3 is 6.18 Å². The second-order valence-corrected chi connectivity index (χ2v) is 4.43. The van der Waals surface area contributed by atoms with Crippen molar-refractivity contribution in [2.45, 2.75) is 24.4 Å².